The van der Waals surface area contributed by atoms with Crippen molar-refractivity contribution in [3.63, 3.8) is 0 Å². The quantitative estimate of drug-likeness (QED) is 0.222. The van der Waals surface area contributed by atoms with Gasteiger partial charge in [0.15, 0.2) is 5.78 Å². The maximum Gasteiger partial charge on any atom is 0.324 e. The molecule has 0 unspecified atom stereocenters. The van der Waals surface area contributed by atoms with Crippen LogP contribution < -0.4 is 15.4 Å². The van der Waals surface area contributed by atoms with Crippen LogP contribution in [0.15, 0.2) is 60.8 Å². The van der Waals surface area contributed by atoms with Crippen molar-refractivity contribution in [3.8, 4) is 17.2 Å². The summed E-state index contributed by atoms with van der Waals surface area (Å²) in [6.07, 6.45) is 5.58. The number of carbonyl (C=O) groups is 2. The molecule has 0 fully saturated rings. The van der Waals surface area contributed by atoms with Gasteiger partial charge in [-0.25, -0.2) is 9.48 Å². The van der Waals surface area contributed by atoms with E-state index in [9.17, 15) is 9.59 Å². The van der Waals surface area contributed by atoms with Crippen molar-refractivity contribution in [2.75, 3.05) is 24.4 Å². The van der Waals surface area contributed by atoms with Crippen LogP contribution in [0.3, 0.4) is 0 Å². The fraction of sp³-hybridized carbons (Fsp3) is 0.353. The second-order valence-electron chi connectivity index (χ2n) is 12.0. The van der Waals surface area contributed by atoms with Gasteiger partial charge in [-0.3, -0.25) is 15.1 Å². The van der Waals surface area contributed by atoms with Crippen molar-refractivity contribution in [3.05, 3.63) is 88.9 Å². The van der Waals surface area contributed by atoms with Gasteiger partial charge < -0.3 is 14.8 Å². The molecule has 0 atom stereocenters. The average Bonchev–Trinajstić information content (AvgIpc) is 3.39. The number of ether oxygens (including phenoxy) is 2. The normalized spacial score (nSPS) is 12.9. The van der Waals surface area contributed by atoms with Crippen LogP contribution in [0, 0.1) is 6.92 Å². The minimum absolute atomic E-state index is 0.0465. The van der Waals surface area contributed by atoms with Crippen LogP contribution in [0.1, 0.15) is 61.7 Å². The molecule has 0 bridgehead atoms. The van der Waals surface area contributed by atoms with E-state index in [1.165, 1.54) is 7.11 Å². The van der Waals surface area contributed by atoms with Gasteiger partial charge in [0.05, 0.1) is 23.5 Å². The number of methoxy groups -OCH3 is 1. The molecule has 0 spiro atoms. The molecule has 2 N–H and O–H groups in total. The smallest absolute Gasteiger partial charge is 0.324 e. The highest BCUT2D eigenvalue weighted by atomic mass is 16.5. The second kappa shape index (κ2) is 12.8. The summed E-state index contributed by atoms with van der Waals surface area (Å²) in [5.41, 5.74) is 6.26. The first kappa shape index (κ1) is 30.0. The zero-order valence-corrected chi connectivity index (χ0v) is 25.5. The standard InChI is InChI=1S/C34H39N5O4/c1-22-10-12-24(13-11-22)39-32(20-31(38-39)34(2,3)4)37-33(41)36-29-14-15-30(28-9-7-6-8-27(28)29)43-26-16-17-35-23(19-26)18-25(40)21-42-5/h10-17,19-20H,6-9,18,21H2,1-5H3,(H2,36,37,41). The summed E-state index contributed by atoms with van der Waals surface area (Å²) in [6.45, 7) is 8.39. The van der Waals surface area contributed by atoms with Gasteiger partial charge in [-0.15, -0.1) is 0 Å². The number of amides is 2. The molecular formula is C34H39N5O4. The Morgan fingerprint density at radius 1 is 0.953 bits per heavy atom. The van der Waals surface area contributed by atoms with E-state index >= 15 is 0 Å². The minimum Gasteiger partial charge on any atom is -0.457 e. The molecule has 1 aliphatic rings. The number of hydrogen-bond acceptors (Lipinski definition) is 6. The summed E-state index contributed by atoms with van der Waals surface area (Å²) < 4.78 is 13.0. The van der Waals surface area contributed by atoms with Crippen molar-refractivity contribution >= 4 is 23.3 Å². The molecule has 0 aliphatic heterocycles. The summed E-state index contributed by atoms with van der Waals surface area (Å²) in [4.78, 5) is 29.7. The first-order valence-electron chi connectivity index (χ1n) is 14.6. The molecule has 43 heavy (non-hydrogen) atoms. The lowest BCUT2D eigenvalue weighted by Gasteiger charge is -2.23. The minimum atomic E-state index is -0.338. The van der Waals surface area contributed by atoms with Crippen molar-refractivity contribution in [1.29, 1.82) is 0 Å². The van der Waals surface area contributed by atoms with Crippen molar-refractivity contribution in [2.24, 2.45) is 0 Å². The number of nitrogens with one attached hydrogen (secondary N) is 2. The van der Waals surface area contributed by atoms with Gasteiger partial charge in [-0.1, -0.05) is 38.5 Å². The van der Waals surface area contributed by atoms with Crippen LogP contribution in [0.4, 0.5) is 16.3 Å². The first-order valence-corrected chi connectivity index (χ1v) is 14.6. The SMILES string of the molecule is COCC(=O)Cc1cc(Oc2ccc(NC(=O)Nc3cc(C(C)(C)C)nn3-c3ccc(C)cc3)c3c2CCCC3)ccn1. The van der Waals surface area contributed by atoms with Gasteiger partial charge in [0.2, 0.25) is 0 Å². The van der Waals surface area contributed by atoms with Gasteiger partial charge in [-0.05, 0) is 68.5 Å². The maximum atomic E-state index is 13.4. The lowest BCUT2D eigenvalue weighted by Crippen LogP contribution is -2.23. The third kappa shape index (κ3) is 7.29. The first-order chi connectivity index (χ1) is 20.6. The Bertz CT molecular complexity index is 1620. The van der Waals surface area contributed by atoms with E-state index in [1.807, 2.05) is 49.4 Å². The van der Waals surface area contributed by atoms with Crippen LogP contribution in [-0.4, -0.2) is 40.3 Å². The third-order valence-electron chi connectivity index (χ3n) is 7.44. The van der Waals surface area contributed by atoms with Gasteiger partial charge in [0.25, 0.3) is 0 Å². The Morgan fingerprint density at radius 3 is 2.42 bits per heavy atom. The molecular weight excluding hydrogens is 542 g/mol. The predicted octanol–water partition coefficient (Wildman–Crippen LogP) is 6.95. The molecule has 0 saturated carbocycles. The van der Waals surface area contributed by atoms with Gasteiger partial charge in [-0.2, -0.15) is 5.10 Å². The molecule has 224 valence electrons. The topological polar surface area (TPSA) is 107 Å². The maximum absolute atomic E-state index is 13.4. The largest absolute Gasteiger partial charge is 0.457 e. The number of pyridine rings is 1. The molecule has 0 saturated heterocycles. The number of ketones is 1. The summed E-state index contributed by atoms with van der Waals surface area (Å²) in [5, 5.41) is 10.9. The highest BCUT2D eigenvalue weighted by molar-refractivity contribution is 6.00. The highest BCUT2D eigenvalue weighted by Gasteiger charge is 2.23. The Morgan fingerprint density at radius 2 is 1.70 bits per heavy atom. The zero-order chi connectivity index (χ0) is 30.6. The number of anilines is 2. The van der Waals surface area contributed by atoms with E-state index in [2.05, 4.69) is 36.4 Å². The molecule has 4 aromatic rings. The van der Waals surface area contributed by atoms with E-state index in [0.717, 1.165) is 65.2 Å². The summed E-state index contributed by atoms with van der Waals surface area (Å²) in [6, 6.07) is 17.0. The number of aromatic nitrogens is 3. The van der Waals surface area contributed by atoms with Crippen molar-refractivity contribution < 1.29 is 19.1 Å². The van der Waals surface area contributed by atoms with Gasteiger partial charge >= 0.3 is 6.03 Å². The molecule has 1 aliphatic carbocycles. The number of nitrogens with zero attached hydrogens (tertiary/aromatic N) is 3. The molecule has 9 nitrogen and oxygen atoms in total. The number of urea groups is 1. The fourth-order valence-electron chi connectivity index (χ4n) is 5.19. The monoisotopic (exact) mass is 581 g/mol. The second-order valence-corrected chi connectivity index (χ2v) is 12.0. The molecule has 2 aromatic carbocycles. The lowest BCUT2D eigenvalue weighted by molar-refractivity contribution is -0.122. The Balaban J connectivity index is 1.36. The van der Waals surface area contributed by atoms with Crippen molar-refractivity contribution in [1.82, 2.24) is 14.8 Å². The van der Waals surface area contributed by atoms with Crippen molar-refractivity contribution in [2.45, 2.75) is 65.2 Å². The number of rotatable bonds is 9. The zero-order valence-electron chi connectivity index (χ0n) is 25.5. The van der Waals surface area contributed by atoms with Crippen LogP contribution in [0.5, 0.6) is 11.5 Å². The summed E-state index contributed by atoms with van der Waals surface area (Å²) >= 11 is 0. The summed E-state index contributed by atoms with van der Waals surface area (Å²) in [7, 11) is 1.50. The number of benzene rings is 2. The van der Waals surface area contributed by atoms with E-state index in [1.54, 1.807) is 23.0 Å². The lowest BCUT2D eigenvalue weighted by atomic mass is 9.89. The van der Waals surface area contributed by atoms with Gasteiger partial charge in [0.1, 0.15) is 23.9 Å². The molecule has 2 amide bonds. The Kier molecular flexibility index (Phi) is 8.92. The van der Waals surface area contributed by atoms with E-state index in [0.29, 0.717) is 17.3 Å². The molecule has 0 radical (unpaired) electrons. The number of aryl methyl sites for hydroxylation is 1. The molecule has 2 aromatic heterocycles. The number of Topliss-reactive ketones (excluding diaryl/α,β-unsaturated/α-hetero) is 1. The third-order valence-corrected chi connectivity index (χ3v) is 7.44. The molecule has 2 heterocycles. The van der Waals surface area contributed by atoms with E-state index in [4.69, 9.17) is 14.6 Å². The van der Waals surface area contributed by atoms with Crippen LogP contribution in [0.25, 0.3) is 5.69 Å². The Labute approximate surface area is 252 Å². The Hall–Kier alpha value is -4.50. The number of carbonyl (C=O) groups excluding carboxylic acids is 2. The van der Waals surface area contributed by atoms with Crippen LogP contribution in [0.2, 0.25) is 0 Å². The fourth-order valence-corrected chi connectivity index (χ4v) is 5.19. The van der Waals surface area contributed by atoms with E-state index in [-0.39, 0.29) is 30.3 Å². The van der Waals surface area contributed by atoms with Gasteiger partial charge in [0, 0.05) is 42.1 Å². The highest BCUT2D eigenvalue weighted by Crippen LogP contribution is 2.37. The van der Waals surface area contributed by atoms with E-state index < -0.39 is 0 Å². The predicted molar refractivity (Wildman–Crippen MR) is 168 cm³/mol. The average molecular weight is 582 g/mol. The number of fused-ring (bicyclic) bond motifs is 1. The molecule has 5 rings (SSSR count). The van der Waals surface area contributed by atoms with Crippen LogP contribution >= 0.6 is 0 Å². The number of hydrogen-bond donors (Lipinski definition) is 2. The molecule has 9 heteroatoms. The van der Waals surface area contributed by atoms with Crippen LogP contribution in [-0.2, 0) is 34.2 Å². The summed E-state index contributed by atoms with van der Waals surface area (Å²) in [5.74, 6) is 1.90.